The van der Waals surface area contributed by atoms with Gasteiger partial charge in [0.2, 0.25) is 41.4 Å². The van der Waals surface area contributed by atoms with Crippen LogP contribution in [0.15, 0.2) is 0 Å². The lowest BCUT2D eigenvalue weighted by atomic mass is 9.79. The number of likely N-dealkylation sites (tertiary alicyclic amines) is 3. The molecule has 7 amide bonds. The molecule has 310 valence electrons. The highest BCUT2D eigenvalue weighted by Crippen LogP contribution is 2.31. The Balaban J connectivity index is 1.41. The molecule has 3 aliphatic heterocycles. The van der Waals surface area contributed by atoms with Gasteiger partial charge >= 0.3 is 0 Å². The third kappa shape index (κ3) is 12.4. The van der Waals surface area contributed by atoms with Crippen molar-refractivity contribution in [3.63, 3.8) is 0 Å². The molecule has 5 N–H and O–H groups in total. The lowest BCUT2D eigenvalue weighted by Crippen LogP contribution is -2.60. The van der Waals surface area contributed by atoms with Crippen LogP contribution in [0.2, 0.25) is 0 Å². The minimum absolute atomic E-state index is 0.0459. The van der Waals surface area contributed by atoms with Gasteiger partial charge in [-0.25, -0.2) is 0 Å². The summed E-state index contributed by atoms with van der Waals surface area (Å²) in [5, 5.41) is 21.3. The molecular formula is C40H67N7O8. The Morgan fingerprint density at radius 1 is 0.691 bits per heavy atom. The van der Waals surface area contributed by atoms with Gasteiger partial charge in [0.1, 0.15) is 30.2 Å². The highest BCUT2D eigenvalue weighted by molar-refractivity contribution is 5.97. The summed E-state index contributed by atoms with van der Waals surface area (Å²) in [5.74, 6) is -2.09. The van der Waals surface area contributed by atoms with Gasteiger partial charge in [-0.15, -0.1) is 0 Å². The predicted octanol–water partition coefficient (Wildman–Crippen LogP) is 1.75. The third-order valence-corrected chi connectivity index (χ3v) is 12.0. The van der Waals surface area contributed by atoms with Crippen LogP contribution in [0.25, 0.3) is 0 Å². The molecule has 1 aliphatic carbocycles. The van der Waals surface area contributed by atoms with Crippen molar-refractivity contribution in [1.29, 1.82) is 0 Å². The second-order valence-corrected chi connectivity index (χ2v) is 16.3. The first-order chi connectivity index (χ1) is 26.3. The number of carbonyl (C=O) groups excluding carboxylic acids is 7. The molecular weight excluding hydrogens is 706 g/mol. The van der Waals surface area contributed by atoms with Crippen molar-refractivity contribution in [3.8, 4) is 0 Å². The highest BCUT2D eigenvalue weighted by Gasteiger charge is 2.41. The van der Waals surface area contributed by atoms with E-state index in [1.54, 1.807) is 11.8 Å². The van der Waals surface area contributed by atoms with E-state index >= 15 is 0 Å². The minimum atomic E-state index is -1.18. The van der Waals surface area contributed by atoms with E-state index in [2.05, 4.69) is 28.2 Å². The molecule has 0 unspecified atom stereocenters. The SMILES string of the molecule is CCCNC(=O)[C@@H](NC(=O)[C@@H]1CCCN1C(=O)[C@H](C)NC(=O)[C@@H]1CCCCN1C(=O)[C@H](CCC(=O)N1CCCC1)NC(=O)C[C@H](C)C1CCCCC1)[C@@H](C)O. The Kier molecular flexibility index (Phi) is 17.2. The van der Waals surface area contributed by atoms with E-state index in [1.165, 1.54) is 23.1 Å². The van der Waals surface area contributed by atoms with Crippen LogP contribution in [0.3, 0.4) is 0 Å². The molecule has 15 nitrogen and oxygen atoms in total. The van der Waals surface area contributed by atoms with Gasteiger partial charge in [0.15, 0.2) is 0 Å². The van der Waals surface area contributed by atoms with Crippen molar-refractivity contribution in [1.82, 2.24) is 36.0 Å². The molecule has 4 aliphatic rings. The number of aliphatic hydroxyl groups is 1. The molecule has 4 rings (SSSR count). The van der Waals surface area contributed by atoms with Gasteiger partial charge in [-0.3, -0.25) is 33.6 Å². The van der Waals surface area contributed by atoms with Gasteiger partial charge in [0, 0.05) is 45.6 Å². The zero-order valence-electron chi connectivity index (χ0n) is 33.6. The van der Waals surface area contributed by atoms with Crippen LogP contribution >= 0.6 is 0 Å². The number of amides is 7. The molecule has 0 radical (unpaired) electrons. The van der Waals surface area contributed by atoms with Crippen molar-refractivity contribution in [2.75, 3.05) is 32.7 Å². The Bertz CT molecular complexity index is 1350. The average molecular weight is 774 g/mol. The molecule has 4 fully saturated rings. The Morgan fingerprint density at radius 2 is 1.27 bits per heavy atom. The maximum Gasteiger partial charge on any atom is 0.245 e. The lowest BCUT2D eigenvalue weighted by Gasteiger charge is -2.38. The molecule has 0 spiro atoms. The van der Waals surface area contributed by atoms with E-state index in [9.17, 15) is 38.7 Å². The number of hydrogen-bond donors (Lipinski definition) is 5. The third-order valence-electron chi connectivity index (χ3n) is 12.0. The van der Waals surface area contributed by atoms with Crippen LogP contribution in [0.5, 0.6) is 0 Å². The van der Waals surface area contributed by atoms with Crippen molar-refractivity contribution in [2.45, 2.75) is 167 Å². The molecule has 3 heterocycles. The lowest BCUT2D eigenvalue weighted by molar-refractivity contribution is -0.147. The Labute approximate surface area is 326 Å². The van der Waals surface area contributed by atoms with Crippen LogP contribution in [-0.2, 0) is 33.6 Å². The zero-order valence-corrected chi connectivity index (χ0v) is 33.6. The zero-order chi connectivity index (χ0) is 40.1. The van der Waals surface area contributed by atoms with Gasteiger partial charge in [0.25, 0.3) is 0 Å². The van der Waals surface area contributed by atoms with Gasteiger partial charge in [-0.2, -0.15) is 0 Å². The topological polar surface area (TPSA) is 198 Å². The van der Waals surface area contributed by atoms with Crippen molar-refractivity contribution in [3.05, 3.63) is 0 Å². The Morgan fingerprint density at radius 3 is 1.93 bits per heavy atom. The number of nitrogens with one attached hydrogen (secondary N) is 4. The van der Waals surface area contributed by atoms with E-state index in [1.807, 2.05) is 6.92 Å². The van der Waals surface area contributed by atoms with Gasteiger partial charge in [0.05, 0.1) is 6.10 Å². The molecule has 15 heteroatoms. The van der Waals surface area contributed by atoms with E-state index in [-0.39, 0.29) is 37.1 Å². The molecule has 3 saturated heterocycles. The van der Waals surface area contributed by atoms with Crippen LogP contribution in [0.4, 0.5) is 0 Å². The molecule has 1 saturated carbocycles. The molecule has 0 aromatic rings. The summed E-state index contributed by atoms with van der Waals surface area (Å²) >= 11 is 0. The van der Waals surface area contributed by atoms with Crippen LogP contribution in [0.1, 0.15) is 130 Å². The summed E-state index contributed by atoms with van der Waals surface area (Å²) in [6.45, 7) is 9.28. The van der Waals surface area contributed by atoms with Crippen LogP contribution in [-0.4, -0.2) is 130 Å². The molecule has 0 bridgehead atoms. The number of rotatable bonds is 17. The summed E-state index contributed by atoms with van der Waals surface area (Å²) in [7, 11) is 0. The number of aliphatic hydroxyl groups excluding tert-OH is 1. The molecule has 0 aromatic carbocycles. The molecule has 55 heavy (non-hydrogen) atoms. The van der Waals surface area contributed by atoms with Crippen molar-refractivity contribution in [2.24, 2.45) is 11.8 Å². The fourth-order valence-electron chi connectivity index (χ4n) is 8.67. The monoisotopic (exact) mass is 774 g/mol. The molecule has 7 atom stereocenters. The fraction of sp³-hybridized carbons (Fsp3) is 0.825. The summed E-state index contributed by atoms with van der Waals surface area (Å²) in [4.78, 5) is 99.0. The predicted molar refractivity (Wildman–Crippen MR) is 206 cm³/mol. The number of carbonyl (C=O) groups is 7. The van der Waals surface area contributed by atoms with Gasteiger partial charge in [-0.05, 0) is 83.5 Å². The minimum Gasteiger partial charge on any atom is -0.391 e. The number of nitrogens with zero attached hydrogens (tertiary/aromatic N) is 3. The van der Waals surface area contributed by atoms with Gasteiger partial charge in [-0.1, -0.05) is 46.0 Å². The van der Waals surface area contributed by atoms with Crippen LogP contribution in [0, 0.1) is 11.8 Å². The maximum absolute atomic E-state index is 14.3. The summed E-state index contributed by atoms with van der Waals surface area (Å²) in [6, 6.07) is -4.93. The first kappa shape index (κ1) is 44.0. The highest BCUT2D eigenvalue weighted by atomic mass is 16.3. The quantitative estimate of drug-likeness (QED) is 0.147. The summed E-state index contributed by atoms with van der Waals surface area (Å²) < 4.78 is 0. The fourth-order valence-corrected chi connectivity index (χ4v) is 8.67. The van der Waals surface area contributed by atoms with Crippen molar-refractivity contribution >= 4 is 41.4 Å². The van der Waals surface area contributed by atoms with Crippen molar-refractivity contribution < 1.29 is 38.7 Å². The second-order valence-electron chi connectivity index (χ2n) is 16.3. The van der Waals surface area contributed by atoms with E-state index < -0.39 is 65.8 Å². The number of hydrogen-bond acceptors (Lipinski definition) is 8. The van der Waals surface area contributed by atoms with E-state index in [0.717, 1.165) is 38.5 Å². The standard InChI is InChI=1S/C40H67N7O8/c1-5-20-41-38(53)35(28(4)48)44-37(52)32-17-13-24-46(32)39(54)27(3)42-36(51)31-16-9-10-23-47(31)40(55)30(18-19-34(50)45-21-11-12-22-45)43-33(49)25-26(2)29-14-7-6-8-15-29/h26-32,35,48H,5-25H2,1-4H3,(H,41,53)(H,42,51)(H,43,49)(H,44,52)/t26-,27-,28+,30-,31-,32-,35-/m0/s1. The van der Waals surface area contributed by atoms with E-state index in [0.29, 0.717) is 77.0 Å². The summed E-state index contributed by atoms with van der Waals surface area (Å²) in [5.41, 5.74) is 0. The number of piperidine rings is 1. The largest absolute Gasteiger partial charge is 0.391 e. The van der Waals surface area contributed by atoms with Gasteiger partial charge < -0.3 is 41.1 Å². The molecule has 0 aromatic heterocycles. The normalized spacial score (nSPS) is 23.3. The first-order valence-electron chi connectivity index (χ1n) is 21.1. The average Bonchev–Trinajstić information content (AvgIpc) is 3.91. The maximum atomic E-state index is 14.3. The smallest absolute Gasteiger partial charge is 0.245 e. The first-order valence-corrected chi connectivity index (χ1v) is 21.1. The van der Waals surface area contributed by atoms with E-state index in [4.69, 9.17) is 0 Å². The summed E-state index contributed by atoms with van der Waals surface area (Å²) in [6.07, 6.45) is 10.3. The van der Waals surface area contributed by atoms with Crippen LogP contribution < -0.4 is 21.3 Å². The Hall–Kier alpha value is -3.75. The second kappa shape index (κ2) is 21.5.